The van der Waals surface area contributed by atoms with E-state index in [9.17, 15) is 0 Å². The van der Waals surface area contributed by atoms with Gasteiger partial charge < -0.3 is 10.2 Å². The molecule has 0 aliphatic carbocycles. The Balaban J connectivity index is 0. The second-order valence-electron chi connectivity index (χ2n) is 1.99. The quantitative estimate of drug-likeness (QED) is 0.568. The first-order chi connectivity index (χ1) is 3.18. The van der Waals surface area contributed by atoms with Crippen LogP contribution >= 0.6 is 13.5 Å². The van der Waals surface area contributed by atoms with E-state index < -0.39 is 6.10 Å². The molecular formula is C5H14O2S. The van der Waals surface area contributed by atoms with Gasteiger partial charge in [-0.15, -0.1) is 0 Å². The summed E-state index contributed by atoms with van der Waals surface area (Å²) < 4.78 is 0. The zero-order valence-corrected chi connectivity index (χ0v) is 6.26. The molecule has 0 saturated carbocycles. The molecule has 52 valence electrons. The zero-order valence-electron chi connectivity index (χ0n) is 5.26. The molecule has 8 heavy (non-hydrogen) atoms. The highest BCUT2D eigenvalue weighted by Gasteiger charge is 2.04. The van der Waals surface area contributed by atoms with Gasteiger partial charge >= 0.3 is 0 Å². The van der Waals surface area contributed by atoms with E-state index >= 15 is 0 Å². The first-order valence-corrected chi connectivity index (χ1v) is 2.47. The van der Waals surface area contributed by atoms with E-state index in [2.05, 4.69) is 0 Å². The van der Waals surface area contributed by atoms with Crippen LogP contribution in [-0.4, -0.2) is 22.9 Å². The number of aliphatic hydroxyl groups excluding tert-OH is 2. The molecular weight excluding hydrogens is 124 g/mol. The van der Waals surface area contributed by atoms with Crippen molar-refractivity contribution in [1.29, 1.82) is 0 Å². The summed E-state index contributed by atoms with van der Waals surface area (Å²) >= 11 is 0. The van der Waals surface area contributed by atoms with Gasteiger partial charge in [0.05, 0.1) is 12.7 Å². The molecule has 3 heteroatoms. The minimum absolute atomic E-state index is 0. The van der Waals surface area contributed by atoms with Crippen LogP contribution < -0.4 is 0 Å². The lowest BCUT2D eigenvalue weighted by molar-refractivity contribution is 0.0597. The van der Waals surface area contributed by atoms with Crippen molar-refractivity contribution in [3.05, 3.63) is 0 Å². The number of hydrogen-bond donors (Lipinski definition) is 2. The van der Waals surface area contributed by atoms with Crippen molar-refractivity contribution in [3.63, 3.8) is 0 Å². The maximum Gasteiger partial charge on any atom is 0.0793 e. The average molecular weight is 138 g/mol. The molecule has 0 unspecified atom stereocenters. The summed E-state index contributed by atoms with van der Waals surface area (Å²) in [5.74, 6) is 0.171. The molecule has 2 nitrogen and oxygen atoms in total. The van der Waals surface area contributed by atoms with Gasteiger partial charge in [-0.2, -0.15) is 13.5 Å². The van der Waals surface area contributed by atoms with Crippen LogP contribution in [0, 0.1) is 5.92 Å². The standard InChI is InChI=1S/C5H12O2.H2S/c1-4(2)5(7)3-6;/h4-7H,3H2,1-2H3;1H2/t5-;/m1./s1. The van der Waals surface area contributed by atoms with E-state index in [1.54, 1.807) is 0 Å². The van der Waals surface area contributed by atoms with Crippen LogP contribution in [-0.2, 0) is 0 Å². The zero-order chi connectivity index (χ0) is 5.86. The lowest BCUT2D eigenvalue weighted by Gasteiger charge is -2.08. The fraction of sp³-hybridized carbons (Fsp3) is 1.00. The molecule has 0 aliphatic heterocycles. The van der Waals surface area contributed by atoms with Crippen LogP contribution in [0.3, 0.4) is 0 Å². The second kappa shape index (κ2) is 5.41. The van der Waals surface area contributed by atoms with Crippen molar-refractivity contribution in [3.8, 4) is 0 Å². The maximum absolute atomic E-state index is 8.69. The molecule has 0 amide bonds. The first kappa shape index (κ1) is 11.1. The minimum Gasteiger partial charge on any atom is -0.394 e. The summed E-state index contributed by atoms with van der Waals surface area (Å²) in [6.07, 6.45) is -0.542. The molecule has 2 N–H and O–H groups in total. The third-order valence-electron chi connectivity index (χ3n) is 0.957. The van der Waals surface area contributed by atoms with E-state index in [-0.39, 0.29) is 26.0 Å². The Kier molecular flexibility index (Phi) is 7.52. The lowest BCUT2D eigenvalue weighted by Crippen LogP contribution is -2.18. The van der Waals surface area contributed by atoms with Crippen molar-refractivity contribution in [2.24, 2.45) is 5.92 Å². The van der Waals surface area contributed by atoms with Crippen LogP contribution in [0.15, 0.2) is 0 Å². The van der Waals surface area contributed by atoms with E-state index in [0.29, 0.717) is 0 Å². The Bertz CT molecular complexity index is 47.7. The minimum atomic E-state index is -0.542. The van der Waals surface area contributed by atoms with E-state index in [4.69, 9.17) is 10.2 Å². The van der Waals surface area contributed by atoms with Gasteiger partial charge in [0.2, 0.25) is 0 Å². The van der Waals surface area contributed by atoms with E-state index in [1.807, 2.05) is 13.8 Å². The summed E-state index contributed by atoms with van der Waals surface area (Å²) in [5.41, 5.74) is 0. The molecule has 0 radical (unpaired) electrons. The molecule has 0 fully saturated rings. The summed E-state index contributed by atoms with van der Waals surface area (Å²) in [4.78, 5) is 0. The summed E-state index contributed by atoms with van der Waals surface area (Å²) in [7, 11) is 0. The highest BCUT2D eigenvalue weighted by Crippen LogP contribution is 1.97. The van der Waals surface area contributed by atoms with Crippen LogP contribution in [0.4, 0.5) is 0 Å². The van der Waals surface area contributed by atoms with Crippen LogP contribution in [0.1, 0.15) is 13.8 Å². The monoisotopic (exact) mass is 138 g/mol. The number of rotatable bonds is 2. The predicted molar refractivity (Wildman–Crippen MR) is 38.3 cm³/mol. The highest BCUT2D eigenvalue weighted by atomic mass is 32.1. The third kappa shape index (κ3) is 4.43. The van der Waals surface area contributed by atoms with Crippen LogP contribution in [0.25, 0.3) is 0 Å². The molecule has 0 rings (SSSR count). The largest absolute Gasteiger partial charge is 0.394 e. The van der Waals surface area contributed by atoms with Gasteiger partial charge in [0.15, 0.2) is 0 Å². The fourth-order valence-electron chi connectivity index (χ4n) is 0.211. The highest BCUT2D eigenvalue weighted by molar-refractivity contribution is 7.59. The van der Waals surface area contributed by atoms with Crippen molar-refractivity contribution in [2.45, 2.75) is 20.0 Å². The summed E-state index contributed by atoms with van der Waals surface area (Å²) in [6.45, 7) is 3.60. The Labute approximate surface area is 57.0 Å². The second-order valence-corrected chi connectivity index (χ2v) is 1.99. The summed E-state index contributed by atoms with van der Waals surface area (Å²) in [5, 5.41) is 16.9. The Morgan fingerprint density at radius 2 is 1.75 bits per heavy atom. The van der Waals surface area contributed by atoms with Crippen molar-refractivity contribution < 1.29 is 10.2 Å². The van der Waals surface area contributed by atoms with Gasteiger partial charge in [0.25, 0.3) is 0 Å². The Morgan fingerprint density at radius 3 is 1.75 bits per heavy atom. The number of hydrogen-bond acceptors (Lipinski definition) is 2. The Morgan fingerprint density at radius 1 is 1.38 bits per heavy atom. The predicted octanol–water partition coefficient (Wildman–Crippen LogP) is 0.108. The van der Waals surface area contributed by atoms with Gasteiger partial charge in [0.1, 0.15) is 0 Å². The lowest BCUT2D eigenvalue weighted by atomic mass is 10.1. The van der Waals surface area contributed by atoms with Gasteiger partial charge in [0, 0.05) is 0 Å². The maximum atomic E-state index is 8.69. The molecule has 0 bridgehead atoms. The topological polar surface area (TPSA) is 40.5 Å². The third-order valence-corrected chi connectivity index (χ3v) is 0.957. The van der Waals surface area contributed by atoms with Crippen molar-refractivity contribution >= 4 is 13.5 Å². The van der Waals surface area contributed by atoms with E-state index in [1.165, 1.54) is 0 Å². The average Bonchev–Trinajstić information content (AvgIpc) is 1.65. The van der Waals surface area contributed by atoms with Gasteiger partial charge in [-0.25, -0.2) is 0 Å². The van der Waals surface area contributed by atoms with Crippen LogP contribution in [0.2, 0.25) is 0 Å². The van der Waals surface area contributed by atoms with Gasteiger partial charge in [-0.1, -0.05) is 13.8 Å². The fourth-order valence-corrected chi connectivity index (χ4v) is 0.211. The molecule has 0 aliphatic rings. The first-order valence-electron chi connectivity index (χ1n) is 2.47. The normalized spacial score (nSPS) is 13.1. The molecule has 0 aromatic carbocycles. The van der Waals surface area contributed by atoms with Crippen molar-refractivity contribution in [1.82, 2.24) is 0 Å². The van der Waals surface area contributed by atoms with Gasteiger partial charge in [-0.05, 0) is 5.92 Å². The SMILES string of the molecule is CC(C)[C@H](O)CO.S. The molecule has 1 atom stereocenters. The van der Waals surface area contributed by atoms with E-state index in [0.717, 1.165) is 0 Å². The van der Waals surface area contributed by atoms with Gasteiger partial charge in [-0.3, -0.25) is 0 Å². The summed E-state index contributed by atoms with van der Waals surface area (Å²) in [6, 6.07) is 0. The molecule has 0 aromatic heterocycles. The number of aliphatic hydroxyl groups is 2. The Hall–Kier alpha value is 0.270. The molecule has 0 aromatic rings. The van der Waals surface area contributed by atoms with Crippen LogP contribution in [0.5, 0.6) is 0 Å². The molecule has 0 saturated heterocycles. The molecule has 0 spiro atoms. The smallest absolute Gasteiger partial charge is 0.0793 e. The molecule has 0 heterocycles. The van der Waals surface area contributed by atoms with Crippen molar-refractivity contribution in [2.75, 3.05) is 6.61 Å².